The van der Waals surface area contributed by atoms with Crippen molar-refractivity contribution in [3.05, 3.63) is 53.0 Å². The van der Waals surface area contributed by atoms with Gasteiger partial charge in [0.1, 0.15) is 0 Å². The number of anilines is 1. The van der Waals surface area contributed by atoms with E-state index in [2.05, 4.69) is 25.6 Å². The van der Waals surface area contributed by atoms with Crippen LogP contribution in [0.3, 0.4) is 0 Å². The number of rotatable bonds is 3. The SMILES string of the molecule is CS(=O)(=O)Nc1cccc2[nH]c(-c3ccc(Br)cc3)cc12. The highest BCUT2D eigenvalue weighted by Crippen LogP contribution is 2.30. The van der Waals surface area contributed by atoms with Gasteiger partial charge in [-0.25, -0.2) is 8.42 Å². The Kier molecular flexibility index (Phi) is 3.51. The van der Waals surface area contributed by atoms with Crippen LogP contribution in [0.2, 0.25) is 0 Å². The van der Waals surface area contributed by atoms with Crippen molar-refractivity contribution >= 4 is 42.5 Å². The van der Waals surface area contributed by atoms with Gasteiger partial charge >= 0.3 is 0 Å². The number of nitrogens with one attached hydrogen (secondary N) is 2. The van der Waals surface area contributed by atoms with Crippen LogP contribution in [0.4, 0.5) is 5.69 Å². The summed E-state index contributed by atoms with van der Waals surface area (Å²) in [6.07, 6.45) is 1.15. The maximum absolute atomic E-state index is 11.4. The minimum absolute atomic E-state index is 0.578. The Hall–Kier alpha value is -1.79. The minimum Gasteiger partial charge on any atom is -0.354 e. The Labute approximate surface area is 131 Å². The highest BCUT2D eigenvalue weighted by Gasteiger charge is 2.09. The standard InChI is InChI=1S/C15H13BrN2O2S/c1-21(19,20)18-14-4-2-3-13-12(14)9-15(17-13)10-5-7-11(16)8-6-10/h2-9,17-18H,1H3. The van der Waals surface area contributed by atoms with Crippen LogP contribution in [0.5, 0.6) is 0 Å². The van der Waals surface area contributed by atoms with Crippen LogP contribution in [-0.2, 0) is 10.0 Å². The van der Waals surface area contributed by atoms with E-state index in [1.54, 1.807) is 6.07 Å². The third kappa shape index (κ3) is 3.11. The molecule has 0 aliphatic heterocycles. The number of hydrogen-bond donors (Lipinski definition) is 2. The summed E-state index contributed by atoms with van der Waals surface area (Å²) in [4.78, 5) is 3.31. The van der Waals surface area contributed by atoms with E-state index < -0.39 is 10.0 Å². The van der Waals surface area contributed by atoms with Crippen molar-refractivity contribution in [1.82, 2.24) is 4.98 Å². The zero-order chi connectivity index (χ0) is 15.0. The van der Waals surface area contributed by atoms with E-state index in [0.29, 0.717) is 5.69 Å². The normalized spacial score (nSPS) is 11.7. The number of halogens is 1. The maximum Gasteiger partial charge on any atom is 0.229 e. The molecule has 3 aromatic rings. The van der Waals surface area contributed by atoms with Gasteiger partial charge in [-0.1, -0.05) is 34.1 Å². The molecule has 0 aliphatic carbocycles. The molecule has 4 nitrogen and oxygen atoms in total. The Balaban J connectivity index is 2.12. The highest BCUT2D eigenvalue weighted by atomic mass is 79.9. The Morgan fingerprint density at radius 3 is 2.48 bits per heavy atom. The summed E-state index contributed by atoms with van der Waals surface area (Å²) in [5, 5.41) is 0.848. The first-order valence-corrected chi connectivity index (χ1v) is 8.96. The molecule has 1 heterocycles. The van der Waals surface area contributed by atoms with Crippen LogP contribution in [0.15, 0.2) is 53.0 Å². The second kappa shape index (κ2) is 5.20. The van der Waals surface area contributed by atoms with Crippen molar-refractivity contribution < 1.29 is 8.42 Å². The van der Waals surface area contributed by atoms with E-state index >= 15 is 0 Å². The topological polar surface area (TPSA) is 62.0 Å². The summed E-state index contributed by atoms with van der Waals surface area (Å²) in [6.45, 7) is 0. The number of fused-ring (bicyclic) bond motifs is 1. The molecule has 21 heavy (non-hydrogen) atoms. The summed E-state index contributed by atoms with van der Waals surface area (Å²) in [5.74, 6) is 0. The molecule has 0 fully saturated rings. The molecule has 0 atom stereocenters. The maximum atomic E-state index is 11.4. The molecule has 1 aromatic heterocycles. The first kappa shape index (κ1) is 14.2. The summed E-state index contributed by atoms with van der Waals surface area (Å²) >= 11 is 3.41. The average molecular weight is 365 g/mol. The predicted molar refractivity (Wildman–Crippen MR) is 89.9 cm³/mol. The molecule has 6 heteroatoms. The molecule has 0 aliphatic rings. The number of benzene rings is 2. The molecule has 0 bridgehead atoms. The van der Waals surface area contributed by atoms with Gasteiger partial charge in [-0.15, -0.1) is 0 Å². The van der Waals surface area contributed by atoms with Gasteiger partial charge in [-0.05, 0) is 35.9 Å². The van der Waals surface area contributed by atoms with Crippen LogP contribution in [0, 0.1) is 0 Å². The first-order chi connectivity index (χ1) is 9.92. The first-order valence-electron chi connectivity index (χ1n) is 6.28. The zero-order valence-electron chi connectivity index (χ0n) is 11.2. The Bertz CT molecular complexity index is 899. The minimum atomic E-state index is -3.30. The molecule has 0 saturated heterocycles. The predicted octanol–water partition coefficient (Wildman–Crippen LogP) is 3.97. The van der Waals surface area contributed by atoms with Crippen molar-refractivity contribution in [3.63, 3.8) is 0 Å². The fraction of sp³-hybridized carbons (Fsp3) is 0.0667. The number of aromatic nitrogens is 1. The van der Waals surface area contributed by atoms with Crippen molar-refractivity contribution in [2.75, 3.05) is 11.0 Å². The lowest BCUT2D eigenvalue weighted by atomic mass is 10.1. The number of hydrogen-bond acceptors (Lipinski definition) is 2. The fourth-order valence-corrected chi connectivity index (χ4v) is 3.07. The molecule has 3 rings (SSSR count). The van der Waals surface area contributed by atoms with Crippen LogP contribution in [-0.4, -0.2) is 19.7 Å². The van der Waals surface area contributed by atoms with Crippen LogP contribution in [0.1, 0.15) is 0 Å². The molecule has 0 radical (unpaired) electrons. The molecule has 0 spiro atoms. The third-order valence-corrected chi connectivity index (χ3v) is 4.23. The molecular weight excluding hydrogens is 352 g/mol. The van der Waals surface area contributed by atoms with E-state index in [1.165, 1.54) is 0 Å². The smallest absolute Gasteiger partial charge is 0.229 e. The van der Waals surface area contributed by atoms with Gasteiger partial charge in [-0.2, -0.15) is 0 Å². The average Bonchev–Trinajstić information content (AvgIpc) is 2.83. The number of H-pyrrole nitrogens is 1. The van der Waals surface area contributed by atoms with Crippen molar-refractivity contribution in [2.45, 2.75) is 0 Å². The molecule has 2 aromatic carbocycles. The molecule has 0 amide bonds. The van der Waals surface area contributed by atoms with Gasteiger partial charge in [0.05, 0.1) is 11.9 Å². The molecule has 2 N–H and O–H groups in total. The van der Waals surface area contributed by atoms with Gasteiger partial charge in [0.2, 0.25) is 10.0 Å². The van der Waals surface area contributed by atoms with E-state index in [4.69, 9.17) is 0 Å². The summed E-state index contributed by atoms with van der Waals surface area (Å²) in [5.41, 5.74) is 3.45. The molecule has 0 unspecified atom stereocenters. The van der Waals surface area contributed by atoms with Gasteiger partial charge in [0.15, 0.2) is 0 Å². The fourth-order valence-electron chi connectivity index (χ4n) is 2.23. The quantitative estimate of drug-likeness (QED) is 0.738. The van der Waals surface area contributed by atoms with Gasteiger partial charge < -0.3 is 4.98 Å². The monoisotopic (exact) mass is 364 g/mol. The van der Waals surface area contributed by atoms with Gasteiger partial charge in [0.25, 0.3) is 0 Å². The zero-order valence-corrected chi connectivity index (χ0v) is 13.6. The second-order valence-electron chi connectivity index (χ2n) is 4.83. The van der Waals surface area contributed by atoms with E-state index in [9.17, 15) is 8.42 Å². The van der Waals surface area contributed by atoms with Crippen molar-refractivity contribution in [3.8, 4) is 11.3 Å². The van der Waals surface area contributed by atoms with Gasteiger partial charge in [0, 0.05) is 21.1 Å². The Morgan fingerprint density at radius 2 is 1.81 bits per heavy atom. The van der Waals surface area contributed by atoms with Crippen LogP contribution >= 0.6 is 15.9 Å². The van der Waals surface area contributed by atoms with E-state index in [-0.39, 0.29) is 0 Å². The molecular formula is C15H13BrN2O2S. The van der Waals surface area contributed by atoms with Crippen molar-refractivity contribution in [2.24, 2.45) is 0 Å². The second-order valence-corrected chi connectivity index (χ2v) is 7.50. The van der Waals surface area contributed by atoms with Crippen LogP contribution in [0.25, 0.3) is 22.2 Å². The summed E-state index contributed by atoms with van der Waals surface area (Å²) in [6, 6.07) is 15.4. The van der Waals surface area contributed by atoms with Crippen molar-refractivity contribution in [1.29, 1.82) is 0 Å². The van der Waals surface area contributed by atoms with E-state index in [0.717, 1.165) is 32.9 Å². The lowest BCUT2D eigenvalue weighted by Crippen LogP contribution is -2.09. The lowest BCUT2D eigenvalue weighted by Gasteiger charge is -2.04. The molecule has 0 saturated carbocycles. The number of sulfonamides is 1. The molecule has 108 valence electrons. The largest absolute Gasteiger partial charge is 0.354 e. The summed E-state index contributed by atoms with van der Waals surface area (Å²) < 4.78 is 26.4. The Morgan fingerprint density at radius 1 is 1.10 bits per heavy atom. The number of aromatic amines is 1. The highest BCUT2D eigenvalue weighted by molar-refractivity contribution is 9.10. The lowest BCUT2D eigenvalue weighted by molar-refractivity contribution is 0.607. The van der Waals surface area contributed by atoms with Crippen LogP contribution < -0.4 is 4.72 Å². The summed E-state index contributed by atoms with van der Waals surface area (Å²) in [7, 11) is -3.30. The van der Waals surface area contributed by atoms with E-state index in [1.807, 2.05) is 42.5 Å². The third-order valence-electron chi connectivity index (χ3n) is 3.11. The van der Waals surface area contributed by atoms with Gasteiger partial charge in [-0.3, -0.25) is 4.72 Å².